The molecule has 0 radical (unpaired) electrons. The lowest BCUT2D eigenvalue weighted by Gasteiger charge is -2.17. The van der Waals surface area contributed by atoms with Crippen molar-refractivity contribution in [3.05, 3.63) is 35.6 Å². The number of rotatable bonds is 4. The lowest BCUT2D eigenvalue weighted by Crippen LogP contribution is -2.30. The molecule has 1 atom stereocenters. The Kier molecular flexibility index (Phi) is 4.75. The molecule has 1 unspecified atom stereocenters. The van der Waals surface area contributed by atoms with Gasteiger partial charge in [0.15, 0.2) is 11.9 Å². The highest BCUT2D eigenvalue weighted by atomic mass is 32.2. The van der Waals surface area contributed by atoms with E-state index in [9.17, 15) is 14.4 Å². The van der Waals surface area contributed by atoms with Crippen molar-refractivity contribution in [3.8, 4) is 0 Å². The molecular weight excluding hydrogens is 346 g/mol. The van der Waals surface area contributed by atoms with Gasteiger partial charge in [0.2, 0.25) is 5.91 Å². The molecule has 0 saturated heterocycles. The Morgan fingerprint density at radius 1 is 1.40 bits per heavy atom. The molecule has 1 aliphatic rings. The summed E-state index contributed by atoms with van der Waals surface area (Å²) < 4.78 is 10.0. The van der Waals surface area contributed by atoms with Crippen LogP contribution in [0.5, 0.6) is 0 Å². The summed E-state index contributed by atoms with van der Waals surface area (Å²) in [6.07, 6.45) is -1.02. The topological polar surface area (TPSA) is 111 Å². The monoisotopic (exact) mass is 361 g/mol. The van der Waals surface area contributed by atoms with Crippen molar-refractivity contribution < 1.29 is 23.6 Å². The van der Waals surface area contributed by atoms with E-state index in [0.29, 0.717) is 17.2 Å². The number of carbonyl (C=O) groups is 3. The van der Waals surface area contributed by atoms with Crippen LogP contribution in [-0.2, 0) is 14.3 Å². The molecule has 2 N–H and O–H groups in total. The third kappa shape index (κ3) is 4.00. The standard InChI is InChI=1S/C16H15N3O5S/c1-8-5-13(19-24-8)18-15(21)9(2)23-16(22)10-3-4-12-11(6-10)17-14(20)7-25-12/h3-6,9H,7H2,1-2H3,(H,17,20)(H,18,19,21). The first-order chi connectivity index (χ1) is 11.9. The molecule has 2 aromatic rings. The molecular formula is C16H15N3O5S. The Hall–Kier alpha value is -2.81. The van der Waals surface area contributed by atoms with E-state index >= 15 is 0 Å². The molecule has 0 saturated carbocycles. The minimum Gasteiger partial charge on any atom is -0.449 e. The minimum absolute atomic E-state index is 0.126. The number of nitrogens with zero attached hydrogens (tertiary/aromatic N) is 1. The predicted molar refractivity (Wildman–Crippen MR) is 90.5 cm³/mol. The van der Waals surface area contributed by atoms with Crippen LogP contribution in [0.2, 0.25) is 0 Å². The summed E-state index contributed by atoms with van der Waals surface area (Å²) in [5, 5.41) is 8.84. The van der Waals surface area contributed by atoms with E-state index in [0.717, 1.165) is 4.90 Å². The molecule has 2 heterocycles. The van der Waals surface area contributed by atoms with Gasteiger partial charge in [0, 0.05) is 11.0 Å². The summed E-state index contributed by atoms with van der Waals surface area (Å²) in [7, 11) is 0. The van der Waals surface area contributed by atoms with Crippen molar-refractivity contribution in [2.45, 2.75) is 24.8 Å². The normalized spacial score (nSPS) is 14.2. The van der Waals surface area contributed by atoms with E-state index in [1.165, 1.54) is 24.8 Å². The molecule has 3 rings (SSSR count). The van der Waals surface area contributed by atoms with Gasteiger partial charge in [-0.05, 0) is 32.0 Å². The first-order valence-electron chi connectivity index (χ1n) is 7.44. The fourth-order valence-electron chi connectivity index (χ4n) is 2.15. The van der Waals surface area contributed by atoms with Crippen LogP contribution in [0.1, 0.15) is 23.0 Å². The number of amides is 2. The summed E-state index contributed by atoms with van der Waals surface area (Å²) in [5.41, 5.74) is 0.810. The van der Waals surface area contributed by atoms with Crippen LogP contribution in [0.3, 0.4) is 0 Å². The second-order valence-corrected chi connectivity index (χ2v) is 6.42. The highest BCUT2D eigenvalue weighted by molar-refractivity contribution is 8.00. The van der Waals surface area contributed by atoms with Crippen molar-refractivity contribution >= 4 is 41.1 Å². The van der Waals surface area contributed by atoms with Crippen molar-refractivity contribution in [2.75, 3.05) is 16.4 Å². The molecule has 25 heavy (non-hydrogen) atoms. The van der Waals surface area contributed by atoms with Crippen LogP contribution in [0, 0.1) is 6.92 Å². The van der Waals surface area contributed by atoms with Gasteiger partial charge in [-0.2, -0.15) is 0 Å². The zero-order valence-corrected chi connectivity index (χ0v) is 14.3. The maximum absolute atomic E-state index is 12.2. The number of anilines is 2. The smallest absolute Gasteiger partial charge is 0.338 e. The van der Waals surface area contributed by atoms with Crippen LogP contribution in [0.25, 0.3) is 0 Å². The zero-order chi connectivity index (χ0) is 18.0. The highest BCUT2D eigenvalue weighted by Gasteiger charge is 2.22. The Balaban J connectivity index is 1.64. The Morgan fingerprint density at radius 3 is 2.92 bits per heavy atom. The molecule has 130 valence electrons. The van der Waals surface area contributed by atoms with Crippen LogP contribution < -0.4 is 10.6 Å². The zero-order valence-electron chi connectivity index (χ0n) is 13.5. The van der Waals surface area contributed by atoms with E-state index in [1.54, 1.807) is 25.1 Å². The maximum atomic E-state index is 12.2. The van der Waals surface area contributed by atoms with Gasteiger partial charge in [-0.25, -0.2) is 4.79 Å². The Morgan fingerprint density at radius 2 is 2.20 bits per heavy atom. The average molecular weight is 361 g/mol. The first-order valence-corrected chi connectivity index (χ1v) is 8.43. The molecule has 8 nitrogen and oxygen atoms in total. The van der Waals surface area contributed by atoms with Gasteiger partial charge in [0.25, 0.3) is 5.91 Å². The summed E-state index contributed by atoms with van der Waals surface area (Å²) in [6, 6.07) is 6.42. The number of hydrogen-bond donors (Lipinski definition) is 2. The third-order valence-electron chi connectivity index (χ3n) is 3.38. The number of fused-ring (bicyclic) bond motifs is 1. The fraction of sp³-hybridized carbons (Fsp3) is 0.250. The first kappa shape index (κ1) is 17.0. The van der Waals surface area contributed by atoms with Gasteiger partial charge in [-0.15, -0.1) is 11.8 Å². The second kappa shape index (κ2) is 6.98. The van der Waals surface area contributed by atoms with E-state index in [-0.39, 0.29) is 17.3 Å². The second-order valence-electron chi connectivity index (χ2n) is 5.41. The SMILES string of the molecule is Cc1cc(NC(=O)C(C)OC(=O)c2ccc3c(c2)NC(=O)CS3)no1. The molecule has 1 aromatic carbocycles. The number of aryl methyl sites for hydroxylation is 1. The van der Waals surface area contributed by atoms with E-state index in [1.807, 2.05) is 0 Å². The van der Waals surface area contributed by atoms with Crippen LogP contribution >= 0.6 is 11.8 Å². The summed E-state index contributed by atoms with van der Waals surface area (Å²) in [6.45, 7) is 3.15. The maximum Gasteiger partial charge on any atom is 0.338 e. The van der Waals surface area contributed by atoms with Gasteiger partial charge in [0.05, 0.1) is 17.0 Å². The number of carbonyl (C=O) groups excluding carboxylic acids is 3. The molecule has 0 aliphatic carbocycles. The quantitative estimate of drug-likeness (QED) is 0.803. The van der Waals surface area contributed by atoms with Gasteiger partial charge < -0.3 is 19.9 Å². The molecule has 1 aromatic heterocycles. The number of esters is 1. The number of ether oxygens (including phenoxy) is 1. The van der Waals surface area contributed by atoms with Crippen molar-refractivity contribution in [2.24, 2.45) is 0 Å². The number of hydrogen-bond acceptors (Lipinski definition) is 7. The summed E-state index contributed by atoms with van der Waals surface area (Å²) in [4.78, 5) is 36.6. The lowest BCUT2D eigenvalue weighted by molar-refractivity contribution is -0.123. The lowest BCUT2D eigenvalue weighted by atomic mass is 10.2. The fourth-order valence-corrected chi connectivity index (χ4v) is 2.93. The van der Waals surface area contributed by atoms with Crippen LogP contribution in [-0.4, -0.2) is 34.8 Å². The van der Waals surface area contributed by atoms with E-state index in [2.05, 4.69) is 15.8 Å². The van der Waals surface area contributed by atoms with Crippen LogP contribution in [0.4, 0.5) is 11.5 Å². The number of benzene rings is 1. The molecule has 1 aliphatic heterocycles. The highest BCUT2D eigenvalue weighted by Crippen LogP contribution is 2.32. The van der Waals surface area contributed by atoms with Gasteiger partial charge in [-0.1, -0.05) is 5.16 Å². The van der Waals surface area contributed by atoms with Gasteiger partial charge in [0.1, 0.15) is 5.76 Å². The summed E-state index contributed by atoms with van der Waals surface area (Å²) in [5.74, 6) is -0.170. The molecule has 0 fully saturated rings. The van der Waals surface area contributed by atoms with E-state index in [4.69, 9.17) is 9.26 Å². The molecule has 2 amide bonds. The summed E-state index contributed by atoms with van der Waals surface area (Å²) >= 11 is 1.40. The Labute approximate surface area is 147 Å². The van der Waals surface area contributed by atoms with Crippen molar-refractivity contribution in [1.82, 2.24) is 5.16 Å². The minimum atomic E-state index is -1.02. The predicted octanol–water partition coefficient (Wildman–Crippen LogP) is 2.21. The third-order valence-corrected chi connectivity index (χ3v) is 4.45. The molecule has 0 bridgehead atoms. The average Bonchev–Trinajstić information content (AvgIpc) is 2.98. The Bertz CT molecular complexity index is 848. The number of thioether (sulfide) groups is 1. The number of nitrogens with one attached hydrogen (secondary N) is 2. The van der Waals surface area contributed by atoms with E-state index < -0.39 is 18.0 Å². The van der Waals surface area contributed by atoms with Gasteiger partial charge in [-0.3, -0.25) is 9.59 Å². The molecule has 9 heteroatoms. The van der Waals surface area contributed by atoms with Crippen LogP contribution in [0.15, 0.2) is 33.7 Å². The largest absolute Gasteiger partial charge is 0.449 e. The van der Waals surface area contributed by atoms with Crippen molar-refractivity contribution in [3.63, 3.8) is 0 Å². The number of aromatic nitrogens is 1. The van der Waals surface area contributed by atoms with Crippen molar-refractivity contribution in [1.29, 1.82) is 0 Å². The van der Waals surface area contributed by atoms with Gasteiger partial charge >= 0.3 is 5.97 Å². The molecule has 0 spiro atoms.